The van der Waals surface area contributed by atoms with Crippen molar-refractivity contribution in [2.45, 2.75) is 6.42 Å². The maximum absolute atomic E-state index is 11.9. The Kier molecular flexibility index (Phi) is 9.30. The van der Waals surface area contributed by atoms with Gasteiger partial charge in [-0.05, 0) is 31.7 Å². The number of aliphatic hydroxyl groups excluding tert-OH is 1. The van der Waals surface area contributed by atoms with Crippen molar-refractivity contribution in [3.05, 3.63) is 41.7 Å². The number of urea groups is 1. The molecule has 2 N–H and O–H groups in total. The van der Waals surface area contributed by atoms with E-state index in [1.54, 1.807) is 51.5 Å². The van der Waals surface area contributed by atoms with Crippen LogP contribution in [0.2, 0.25) is 5.02 Å². The fourth-order valence-electron chi connectivity index (χ4n) is 3.19. The largest absolute Gasteiger partial charge is 0.493 e. The lowest BCUT2D eigenvalue weighted by Crippen LogP contribution is -2.27. The second kappa shape index (κ2) is 12.4. The van der Waals surface area contributed by atoms with E-state index in [-0.39, 0.29) is 12.6 Å². The molecular formula is C24H30ClN5O5. The highest BCUT2D eigenvalue weighted by Gasteiger charge is 2.14. The Balaban J connectivity index is 1.76. The SMILES string of the molecule is COc1cc2c(Oc3ccc(NC(=O)N(C)C)c(Cl)c3)ncnc2cc1OCCCN(C)CCO. The molecule has 3 rings (SSSR count). The Hall–Kier alpha value is -3.34. The topological polar surface area (TPSA) is 109 Å². The quantitative estimate of drug-likeness (QED) is 0.379. The Morgan fingerprint density at radius 1 is 1.11 bits per heavy atom. The van der Waals surface area contributed by atoms with Gasteiger partial charge in [-0.3, -0.25) is 0 Å². The summed E-state index contributed by atoms with van der Waals surface area (Å²) in [5.74, 6) is 1.87. The molecular weight excluding hydrogens is 474 g/mol. The maximum atomic E-state index is 11.9. The summed E-state index contributed by atoms with van der Waals surface area (Å²) in [6.07, 6.45) is 2.20. The molecule has 10 nitrogen and oxygen atoms in total. The standard InChI is InChI=1S/C24H30ClN5O5/c1-29(2)24(32)28-19-7-6-16(12-18(19)25)35-23-17-13-21(33-4)22(14-20(17)26-15-27-23)34-11-5-8-30(3)9-10-31/h6-7,12-15,31H,5,8-11H2,1-4H3,(H,28,32). The second-order valence-electron chi connectivity index (χ2n) is 8.00. The first-order valence-corrected chi connectivity index (χ1v) is 11.4. The number of carbonyl (C=O) groups excluding carboxylic acids is 1. The molecule has 0 atom stereocenters. The van der Waals surface area contributed by atoms with E-state index in [0.717, 1.165) is 13.0 Å². The number of aromatic nitrogens is 2. The minimum absolute atomic E-state index is 0.128. The van der Waals surface area contributed by atoms with Crippen molar-refractivity contribution in [3.63, 3.8) is 0 Å². The predicted octanol–water partition coefficient (Wildman–Crippen LogP) is 3.87. The number of amides is 2. The molecule has 11 heteroatoms. The highest BCUT2D eigenvalue weighted by atomic mass is 35.5. The van der Waals surface area contributed by atoms with Gasteiger partial charge in [0.15, 0.2) is 11.5 Å². The van der Waals surface area contributed by atoms with E-state index in [1.165, 1.54) is 11.2 Å². The summed E-state index contributed by atoms with van der Waals surface area (Å²) in [7, 11) is 6.80. The van der Waals surface area contributed by atoms with Crippen molar-refractivity contribution in [2.75, 3.05) is 59.9 Å². The van der Waals surface area contributed by atoms with E-state index in [4.69, 9.17) is 30.9 Å². The van der Waals surface area contributed by atoms with Crippen molar-refractivity contribution in [2.24, 2.45) is 0 Å². The number of carbonyl (C=O) groups is 1. The highest BCUT2D eigenvalue weighted by Crippen LogP contribution is 2.37. The molecule has 0 aliphatic carbocycles. The number of likely N-dealkylation sites (N-methyl/N-ethyl adjacent to an activating group) is 1. The minimum atomic E-state index is -0.287. The number of hydrogen-bond donors (Lipinski definition) is 2. The van der Waals surface area contributed by atoms with Crippen molar-refractivity contribution < 1.29 is 24.1 Å². The molecule has 0 aliphatic heterocycles. The molecule has 0 saturated heterocycles. The number of benzene rings is 2. The summed E-state index contributed by atoms with van der Waals surface area (Å²) < 4.78 is 17.4. The van der Waals surface area contributed by atoms with Gasteiger partial charge >= 0.3 is 6.03 Å². The zero-order valence-electron chi connectivity index (χ0n) is 20.2. The Morgan fingerprint density at radius 2 is 1.91 bits per heavy atom. The number of nitrogens with one attached hydrogen (secondary N) is 1. The molecule has 0 saturated carbocycles. The molecule has 3 aromatic rings. The number of anilines is 1. The summed E-state index contributed by atoms with van der Waals surface area (Å²) in [5, 5.41) is 12.7. The molecule has 0 bridgehead atoms. The molecule has 0 aliphatic rings. The summed E-state index contributed by atoms with van der Waals surface area (Å²) in [4.78, 5) is 23.9. The second-order valence-corrected chi connectivity index (χ2v) is 8.40. The van der Waals surface area contributed by atoms with Gasteiger partial charge in [-0.15, -0.1) is 0 Å². The van der Waals surface area contributed by atoms with Crippen LogP contribution in [0.25, 0.3) is 10.9 Å². The van der Waals surface area contributed by atoms with Gasteiger partial charge in [0.05, 0.1) is 41.9 Å². The van der Waals surface area contributed by atoms with Crippen LogP contribution in [0.15, 0.2) is 36.7 Å². The fraction of sp³-hybridized carbons (Fsp3) is 0.375. The minimum Gasteiger partial charge on any atom is -0.493 e. The molecule has 1 aromatic heterocycles. The lowest BCUT2D eigenvalue weighted by atomic mass is 10.2. The number of fused-ring (bicyclic) bond motifs is 1. The molecule has 0 unspecified atom stereocenters. The lowest BCUT2D eigenvalue weighted by Gasteiger charge is -2.16. The van der Waals surface area contributed by atoms with Crippen molar-refractivity contribution in [1.29, 1.82) is 0 Å². The van der Waals surface area contributed by atoms with Gasteiger partial charge in [0.25, 0.3) is 0 Å². The zero-order valence-corrected chi connectivity index (χ0v) is 21.0. The number of nitrogens with zero attached hydrogens (tertiary/aromatic N) is 4. The predicted molar refractivity (Wildman–Crippen MR) is 135 cm³/mol. The van der Waals surface area contributed by atoms with Gasteiger partial charge in [-0.1, -0.05) is 11.6 Å². The molecule has 0 fully saturated rings. The third-order valence-electron chi connectivity index (χ3n) is 5.11. The van der Waals surface area contributed by atoms with Crippen LogP contribution in [0.1, 0.15) is 6.42 Å². The van der Waals surface area contributed by atoms with Crippen LogP contribution >= 0.6 is 11.6 Å². The van der Waals surface area contributed by atoms with Gasteiger partial charge < -0.3 is 34.4 Å². The Bertz CT molecular complexity index is 1160. The van der Waals surface area contributed by atoms with Gasteiger partial charge in [-0.25, -0.2) is 14.8 Å². The normalized spacial score (nSPS) is 10.9. The third-order valence-corrected chi connectivity index (χ3v) is 5.42. The van der Waals surface area contributed by atoms with Gasteiger partial charge in [0, 0.05) is 39.3 Å². The molecule has 1 heterocycles. The average Bonchev–Trinajstić information content (AvgIpc) is 2.83. The molecule has 35 heavy (non-hydrogen) atoms. The van der Waals surface area contributed by atoms with Gasteiger partial charge in [-0.2, -0.15) is 0 Å². The monoisotopic (exact) mass is 503 g/mol. The summed E-state index contributed by atoms with van der Waals surface area (Å²) >= 11 is 6.33. The van der Waals surface area contributed by atoms with E-state index >= 15 is 0 Å². The average molecular weight is 504 g/mol. The number of halogens is 1. The smallest absolute Gasteiger partial charge is 0.321 e. The van der Waals surface area contributed by atoms with Crippen LogP contribution in [0.3, 0.4) is 0 Å². The Labute approximate surface area is 209 Å². The van der Waals surface area contributed by atoms with Crippen LogP contribution in [-0.4, -0.2) is 85.5 Å². The van der Waals surface area contributed by atoms with Crippen LogP contribution in [0.5, 0.6) is 23.1 Å². The molecule has 0 radical (unpaired) electrons. The molecule has 2 amide bonds. The molecule has 0 spiro atoms. The van der Waals surface area contributed by atoms with E-state index in [0.29, 0.717) is 57.9 Å². The van der Waals surface area contributed by atoms with E-state index < -0.39 is 0 Å². The van der Waals surface area contributed by atoms with Crippen LogP contribution in [-0.2, 0) is 0 Å². The first-order valence-electron chi connectivity index (χ1n) is 11.0. The number of hydrogen-bond acceptors (Lipinski definition) is 8. The first kappa shape index (κ1) is 26.3. The van der Waals surface area contributed by atoms with Crippen molar-refractivity contribution in [3.8, 4) is 23.1 Å². The van der Waals surface area contributed by atoms with E-state index in [2.05, 4.69) is 15.3 Å². The van der Waals surface area contributed by atoms with Crippen molar-refractivity contribution >= 4 is 34.2 Å². The fourth-order valence-corrected chi connectivity index (χ4v) is 3.41. The van der Waals surface area contributed by atoms with Gasteiger partial charge in [0.1, 0.15) is 12.1 Å². The summed E-state index contributed by atoms with van der Waals surface area (Å²) in [5.41, 5.74) is 1.10. The van der Waals surface area contributed by atoms with Crippen LogP contribution in [0, 0.1) is 0 Å². The van der Waals surface area contributed by atoms with E-state index in [9.17, 15) is 4.79 Å². The Morgan fingerprint density at radius 3 is 2.60 bits per heavy atom. The first-order chi connectivity index (χ1) is 16.8. The zero-order chi connectivity index (χ0) is 25.4. The van der Waals surface area contributed by atoms with Gasteiger partial charge in [0.2, 0.25) is 5.88 Å². The number of aliphatic hydroxyl groups is 1. The van der Waals surface area contributed by atoms with Crippen LogP contribution < -0.4 is 19.5 Å². The molecule has 188 valence electrons. The highest BCUT2D eigenvalue weighted by molar-refractivity contribution is 6.33. The van der Waals surface area contributed by atoms with Crippen molar-refractivity contribution in [1.82, 2.24) is 19.8 Å². The maximum Gasteiger partial charge on any atom is 0.321 e. The lowest BCUT2D eigenvalue weighted by molar-refractivity contribution is 0.206. The number of methoxy groups -OCH3 is 1. The number of rotatable bonds is 11. The summed E-state index contributed by atoms with van der Waals surface area (Å²) in [6.45, 7) is 2.04. The summed E-state index contributed by atoms with van der Waals surface area (Å²) in [6, 6.07) is 8.21. The van der Waals surface area contributed by atoms with E-state index in [1.807, 2.05) is 11.9 Å². The van der Waals surface area contributed by atoms with Crippen LogP contribution in [0.4, 0.5) is 10.5 Å². The molecule has 2 aromatic carbocycles. The number of ether oxygens (including phenoxy) is 3. The third kappa shape index (κ3) is 7.08.